The second-order valence-electron chi connectivity index (χ2n) is 3.31. The first kappa shape index (κ1) is 13.6. The number of hydrogen-bond acceptors (Lipinski definition) is 1. The number of rotatable bonds is 5. The summed E-state index contributed by atoms with van der Waals surface area (Å²) in [5.41, 5.74) is 0.475. The summed E-state index contributed by atoms with van der Waals surface area (Å²) in [6, 6.07) is 4.77. The number of unbranched alkanes of at least 4 members (excludes halogenated alkanes) is 1. The Morgan fingerprint density at radius 1 is 1.12 bits per heavy atom. The molecule has 2 nitrogen and oxygen atoms in total. The van der Waals surface area contributed by atoms with Gasteiger partial charge in [-0.1, -0.05) is 23.2 Å². The van der Waals surface area contributed by atoms with E-state index in [4.69, 9.17) is 34.8 Å². The highest BCUT2D eigenvalue weighted by atomic mass is 35.5. The Morgan fingerprint density at radius 2 is 1.75 bits per heavy atom. The van der Waals surface area contributed by atoms with Crippen LogP contribution in [0.1, 0.15) is 23.2 Å². The van der Waals surface area contributed by atoms with Crippen molar-refractivity contribution in [2.45, 2.75) is 12.8 Å². The Kier molecular flexibility index (Phi) is 5.96. The predicted octanol–water partition coefficient (Wildman–Crippen LogP) is 3.74. The number of alkyl halides is 1. The van der Waals surface area contributed by atoms with Crippen LogP contribution >= 0.6 is 34.8 Å². The quantitative estimate of drug-likeness (QED) is 0.646. The molecule has 0 saturated carbocycles. The summed E-state index contributed by atoms with van der Waals surface area (Å²) >= 11 is 17.1. The molecule has 1 aromatic rings. The molecule has 88 valence electrons. The van der Waals surface area contributed by atoms with Gasteiger partial charge < -0.3 is 5.32 Å². The van der Waals surface area contributed by atoms with Crippen LogP contribution in [0.15, 0.2) is 18.2 Å². The number of carbonyl (C=O) groups excluding carboxylic acids is 1. The fourth-order valence-electron chi connectivity index (χ4n) is 1.21. The molecule has 0 fully saturated rings. The van der Waals surface area contributed by atoms with E-state index in [1.54, 1.807) is 18.2 Å². The highest BCUT2D eigenvalue weighted by Gasteiger charge is 2.06. The Morgan fingerprint density at radius 3 is 2.31 bits per heavy atom. The van der Waals surface area contributed by atoms with Crippen molar-refractivity contribution in [3.8, 4) is 0 Å². The summed E-state index contributed by atoms with van der Waals surface area (Å²) in [6.07, 6.45) is 1.75. The van der Waals surface area contributed by atoms with Crippen molar-refractivity contribution in [3.05, 3.63) is 33.8 Å². The fourth-order valence-corrected chi connectivity index (χ4v) is 1.92. The molecule has 16 heavy (non-hydrogen) atoms. The summed E-state index contributed by atoms with van der Waals surface area (Å²) in [7, 11) is 0. The monoisotopic (exact) mass is 279 g/mol. The van der Waals surface area contributed by atoms with Crippen LogP contribution < -0.4 is 5.32 Å². The van der Waals surface area contributed by atoms with Gasteiger partial charge >= 0.3 is 0 Å². The van der Waals surface area contributed by atoms with Crippen molar-refractivity contribution in [3.63, 3.8) is 0 Å². The zero-order valence-corrected chi connectivity index (χ0v) is 10.9. The molecule has 1 rings (SSSR count). The van der Waals surface area contributed by atoms with E-state index in [0.717, 1.165) is 12.8 Å². The van der Waals surface area contributed by atoms with Crippen molar-refractivity contribution in [1.29, 1.82) is 0 Å². The summed E-state index contributed by atoms with van der Waals surface area (Å²) < 4.78 is 0. The standard InChI is InChI=1S/C11H12Cl3NO/c12-3-1-2-4-15-11(16)8-5-9(13)7-10(14)6-8/h5-7H,1-4H2,(H,15,16). The number of nitrogens with one attached hydrogen (secondary N) is 1. The normalized spacial score (nSPS) is 10.2. The Labute approximate surface area is 110 Å². The molecule has 0 bridgehead atoms. The molecule has 1 N–H and O–H groups in total. The maximum atomic E-state index is 11.7. The van der Waals surface area contributed by atoms with Crippen LogP contribution in [0.5, 0.6) is 0 Å². The third kappa shape index (κ3) is 4.60. The molecular formula is C11H12Cl3NO. The van der Waals surface area contributed by atoms with E-state index in [1.807, 2.05) is 0 Å². The Balaban J connectivity index is 2.52. The molecule has 0 aromatic heterocycles. The zero-order chi connectivity index (χ0) is 12.0. The van der Waals surface area contributed by atoms with E-state index in [9.17, 15) is 4.79 Å². The van der Waals surface area contributed by atoms with Gasteiger partial charge in [0.05, 0.1) is 0 Å². The van der Waals surface area contributed by atoms with Crippen LogP contribution in [0.25, 0.3) is 0 Å². The van der Waals surface area contributed by atoms with Crippen molar-refractivity contribution in [2.75, 3.05) is 12.4 Å². The number of amides is 1. The zero-order valence-electron chi connectivity index (χ0n) is 8.60. The van der Waals surface area contributed by atoms with Crippen LogP contribution in [0.2, 0.25) is 10.0 Å². The van der Waals surface area contributed by atoms with E-state index in [0.29, 0.717) is 28.0 Å². The summed E-state index contributed by atoms with van der Waals surface area (Å²) in [6.45, 7) is 0.607. The number of halogens is 3. The van der Waals surface area contributed by atoms with Gasteiger partial charge in [-0.15, -0.1) is 11.6 Å². The van der Waals surface area contributed by atoms with E-state index < -0.39 is 0 Å². The van der Waals surface area contributed by atoms with Gasteiger partial charge in [-0.2, -0.15) is 0 Å². The van der Waals surface area contributed by atoms with E-state index >= 15 is 0 Å². The van der Waals surface area contributed by atoms with Crippen LogP contribution in [0.4, 0.5) is 0 Å². The second kappa shape index (κ2) is 7.00. The lowest BCUT2D eigenvalue weighted by Crippen LogP contribution is -2.24. The minimum atomic E-state index is -0.168. The van der Waals surface area contributed by atoms with Crippen LogP contribution in [-0.4, -0.2) is 18.3 Å². The minimum absolute atomic E-state index is 0.168. The van der Waals surface area contributed by atoms with Gasteiger partial charge in [0, 0.05) is 28.0 Å². The van der Waals surface area contributed by atoms with Crippen LogP contribution in [0.3, 0.4) is 0 Å². The SMILES string of the molecule is O=C(NCCCCCl)c1cc(Cl)cc(Cl)c1. The lowest BCUT2D eigenvalue weighted by molar-refractivity contribution is 0.0953. The second-order valence-corrected chi connectivity index (χ2v) is 4.56. The maximum Gasteiger partial charge on any atom is 0.251 e. The number of benzene rings is 1. The molecule has 0 atom stereocenters. The average Bonchev–Trinajstić information content (AvgIpc) is 2.22. The molecule has 0 aliphatic rings. The highest BCUT2D eigenvalue weighted by Crippen LogP contribution is 2.18. The Bertz CT molecular complexity index is 348. The van der Waals surface area contributed by atoms with Gasteiger partial charge in [0.25, 0.3) is 5.91 Å². The summed E-state index contributed by atoms with van der Waals surface area (Å²) in [5.74, 6) is 0.442. The molecule has 0 saturated heterocycles. The van der Waals surface area contributed by atoms with Crippen molar-refractivity contribution < 1.29 is 4.79 Å². The topological polar surface area (TPSA) is 29.1 Å². The van der Waals surface area contributed by atoms with E-state index in [1.165, 1.54) is 0 Å². The van der Waals surface area contributed by atoms with Crippen LogP contribution in [-0.2, 0) is 0 Å². The largest absolute Gasteiger partial charge is 0.352 e. The molecule has 1 amide bonds. The van der Waals surface area contributed by atoms with Gasteiger partial charge in [-0.25, -0.2) is 0 Å². The van der Waals surface area contributed by atoms with Crippen molar-refractivity contribution in [1.82, 2.24) is 5.32 Å². The molecule has 0 aliphatic heterocycles. The lowest BCUT2D eigenvalue weighted by Gasteiger charge is -2.05. The summed E-state index contributed by atoms with van der Waals surface area (Å²) in [4.78, 5) is 11.7. The summed E-state index contributed by atoms with van der Waals surface area (Å²) in [5, 5.41) is 3.69. The van der Waals surface area contributed by atoms with Crippen molar-refractivity contribution in [2.24, 2.45) is 0 Å². The fraction of sp³-hybridized carbons (Fsp3) is 0.364. The van der Waals surface area contributed by atoms with Gasteiger partial charge in [-0.3, -0.25) is 4.79 Å². The average molecular weight is 281 g/mol. The van der Waals surface area contributed by atoms with Gasteiger partial charge in [-0.05, 0) is 31.0 Å². The molecule has 0 heterocycles. The third-order valence-electron chi connectivity index (χ3n) is 1.97. The molecule has 0 aliphatic carbocycles. The predicted molar refractivity (Wildman–Crippen MR) is 68.7 cm³/mol. The molecule has 1 aromatic carbocycles. The van der Waals surface area contributed by atoms with Gasteiger partial charge in [0.15, 0.2) is 0 Å². The first-order chi connectivity index (χ1) is 7.63. The van der Waals surface area contributed by atoms with Crippen molar-refractivity contribution >= 4 is 40.7 Å². The molecular weight excluding hydrogens is 268 g/mol. The smallest absolute Gasteiger partial charge is 0.251 e. The number of carbonyl (C=O) groups is 1. The molecule has 0 unspecified atom stereocenters. The first-order valence-electron chi connectivity index (χ1n) is 4.93. The van der Waals surface area contributed by atoms with Crippen LogP contribution in [0, 0.1) is 0 Å². The number of hydrogen-bond donors (Lipinski definition) is 1. The maximum absolute atomic E-state index is 11.7. The molecule has 0 radical (unpaired) electrons. The minimum Gasteiger partial charge on any atom is -0.352 e. The lowest BCUT2D eigenvalue weighted by atomic mass is 10.2. The molecule has 0 spiro atoms. The van der Waals surface area contributed by atoms with Gasteiger partial charge in [0.2, 0.25) is 0 Å². The molecule has 5 heteroatoms. The Hall–Kier alpha value is -0.440. The van der Waals surface area contributed by atoms with Gasteiger partial charge in [0.1, 0.15) is 0 Å². The third-order valence-corrected chi connectivity index (χ3v) is 2.67. The highest BCUT2D eigenvalue weighted by molar-refractivity contribution is 6.35. The van der Waals surface area contributed by atoms with E-state index in [2.05, 4.69) is 5.32 Å². The van der Waals surface area contributed by atoms with E-state index in [-0.39, 0.29) is 5.91 Å². The first-order valence-corrected chi connectivity index (χ1v) is 6.23.